The molecular formula is C23H35NO4. The third-order valence-electron chi connectivity index (χ3n) is 6.41. The van der Waals surface area contributed by atoms with Crippen LogP contribution < -0.4 is 9.47 Å². The number of aliphatic hydroxyl groups excluding tert-OH is 1. The van der Waals surface area contributed by atoms with Gasteiger partial charge in [0.25, 0.3) is 0 Å². The number of hydrogen-bond acceptors (Lipinski definition) is 5. The van der Waals surface area contributed by atoms with Crippen LogP contribution in [0.25, 0.3) is 0 Å². The molecule has 1 aliphatic carbocycles. The highest BCUT2D eigenvalue weighted by Crippen LogP contribution is 2.43. The zero-order valence-electron chi connectivity index (χ0n) is 17.7. The van der Waals surface area contributed by atoms with Gasteiger partial charge >= 0.3 is 0 Å². The molecule has 5 heteroatoms. The second-order valence-electron chi connectivity index (χ2n) is 9.64. The Labute approximate surface area is 169 Å². The summed E-state index contributed by atoms with van der Waals surface area (Å²) in [5.74, 6) is 2.37. The third-order valence-corrected chi connectivity index (χ3v) is 6.41. The Morgan fingerprint density at radius 2 is 1.96 bits per heavy atom. The van der Waals surface area contributed by atoms with Crippen LogP contribution in [0.4, 0.5) is 0 Å². The summed E-state index contributed by atoms with van der Waals surface area (Å²) in [6.07, 6.45) is 4.99. The number of methoxy groups -OCH3 is 1. The molecule has 1 aromatic carbocycles. The minimum absolute atomic E-state index is 0.134. The predicted octanol–water partition coefficient (Wildman–Crippen LogP) is 3.72. The number of benzene rings is 1. The number of rotatable bonds is 5. The Morgan fingerprint density at radius 1 is 1.18 bits per heavy atom. The minimum atomic E-state index is -0.452. The van der Waals surface area contributed by atoms with Gasteiger partial charge in [-0.2, -0.15) is 0 Å². The fraction of sp³-hybridized carbons (Fsp3) is 0.739. The van der Waals surface area contributed by atoms with Gasteiger partial charge in [0.2, 0.25) is 0 Å². The molecule has 1 N–H and O–H groups in total. The van der Waals surface area contributed by atoms with E-state index in [1.807, 2.05) is 20.8 Å². The smallest absolute Gasteiger partial charge is 0.161 e. The summed E-state index contributed by atoms with van der Waals surface area (Å²) in [5, 5.41) is 10.7. The molecule has 4 rings (SSSR count). The summed E-state index contributed by atoms with van der Waals surface area (Å²) in [6, 6.07) is 4.53. The maximum Gasteiger partial charge on any atom is 0.161 e. The Kier molecular flexibility index (Phi) is 5.60. The number of ether oxygens (including phenoxy) is 3. The topological polar surface area (TPSA) is 51.2 Å². The molecule has 0 spiro atoms. The van der Waals surface area contributed by atoms with E-state index in [2.05, 4.69) is 17.0 Å². The molecule has 2 fully saturated rings. The van der Waals surface area contributed by atoms with E-state index in [1.165, 1.54) is 30.4 Å². The van der Waals surface area contributed by atoms with Gasteiger partial charge in [-0.05, 0) is 75.6 Å². The Morgan fingerprint density at radius 3 is 2.61 bits per heavy atom. The Hall–Kier alpha value is -1.30. The molecule has 2 aliphatic heterocycles. The molecule has 1 saturated heterocycles. The number of nitrogens with zero attached hydrogens (tertiary/aromatic N) is 1. The lowest BCUT2D eigenvalue weighted by Gasteiger charge is -2.46. The van der Waals surface area contributed by atoms with E-state index < -0.39 is 6.10 Å². The van der Waals surface area contributed by atoms with Crippen molar-refractivity contribution in [1.82, 2.24) is 4.90 Å². The fourth-order valence-corrected chi connectivity index (χ4v) is 4.70. The van der Waals surface area contributed by atoms with E-state index in [0.717, 1.165) is 37.6 Å². The molecule has 3 aliphatic rings. The number of hydrogen-bond donors (Lipinski definition) is 1. The van der Waals surface area contributed by atoms with E-state index in [1.54, 1.807) is 7.11 Å². The molecule has 2 heterocycles. The van der Waals surface area contributed by atoms with Crippen LogP contribution in [0, 0.1) is 5.92 Å². The van der Waals surface area contributed by atoms with Crippen molar-refractivity contribution in [2.24, 2.45) is 5.92 Å². The van der Waals surface area contributed by atoms with E-state index in [4.69, 9.17) is 14.2 Å². The van der Waals surface area contributed by atoms with Crippen molar-refractivity contribution in [3.05, 3.63) is 23.3 Å². The van der Waals surface area contributed by atoms with Gasteiger partial charge in [0.1, 0.15) is 0 Å². The SMILES string of the molecule is COc1cc2c(cc1OCC1CCC1)CCN1CC(OC(C)(C)C)C(O)CC21. The first-order chi connectivity index (χ1) is 13.3. The number of piperidine rings is 1. The van der Waals surface area contributed by atoms with Gasteiger partial charge < -0.3 is 19.3 Å². The second-order valence-corrected chi connectivity index (χ2v) is 9.64. The summed E-state index contributed by atoms with van der Waals surface area (Å²) in [7, 11) is 1.71. The van der Waals surface area contributed by atoms with Crippen LogP contribution >= 0.6 is 0 Å². The molecule has 0 aromatic heterocycles. The Balaban J connectivity index is 1.52. The average molecular weight is 390 g/mol. The van der Waals surface area contributed by atoms with Crippen LogP contribution in [0.5, 0.6) is 11.5 Å². The van der Waals surface area contributed by atoms with Crippen LogP contribution in [0.1, 0.15) is 63.6 Å². The zero-order valence-corrected chi connectivity index (χ0v) is 17.7. The molecule has 0 amide bonds. The summed E-state index contributed by atoms with van der Waals surface area (Å²) in [4.78, 5) is 2.46. The van der Waals surface area contributed by atoms with Crippen molar-refractivity contribution in [1.29, 1.82) is 0 Å². The molecular weight excluding hydrogens is 354 g/mol. The minimum Gasteiger partial charge on any atom is -0.493 e. The van der Waals surface area contributed by atoms with E-state index >= 15 is 0 Å². The fourth-order valence-electron chi connectivity index (χ4n) is 4.70. The highest BCUT2D eigenvalue weighted by Gasteiger charge is 2.40. The van der Waals surface area contributed by atoms with Gasteiger partial charge in [0.15, 0.2) is 11.5 Å². The van der Waals surface area contributed by atoms with E-state index in [0.29, 0.717) is 12.3 Å². The summed E-state index contributed by atoms with van der Waals surface area (Å²) in [6.45, 7) is 8.69. The molecule has 0 bridgehead atoms. The largest absolute Gasteiger partial charge is 0.493 e. The first kappa shape index (κ1) is 20.0. The van der Waals surface area contributed by atoms with Crippen molar-refractivity contribution < 1.29 is 19.3 Å². The molecule has 1 aromatic rings. The van der Waals surface area contributed by atoms with Crippen molar-refractivity contribution >= 4 is 0 Å². The van der Waals surface area contributed by atoms with Gasteiger partial charge in [0.05, 0.1) is 31.5 Å². The first-order valence-electron chi connectivity index (χ1n) is 10.8. The molecule has 1 saturated carbocycles. The molecule has 28 heavy (non-hydrogen) atoms. The van der Waals surface area contributed by atoms with Crippen LogP contribution in [0.3, 0.4) is 0 Å². The lowest BCUT2D eigenvalue weighted by molar-refractivity contribution is -0.149. The summed E-state index contributed by atoms with van der Waals surface area (Å²) >= 11 is 0. The van der Waals surface area contributed by atoms with Gasteiger partial charge in [-0.3, -0.25) is 4.90 Å². The summed E-state index contributed by atoms with van der Waals surface area (Å²) in [5.41, 5.74) is 2.35. The van der Waals surface area contributed by atoms with Crippen LogP contribution in [0.2, 0.25) is 0 Å². The normalized spacial score (nSPS) is 28.2. The maximum absolute atomic E-state index is 10.7. The average Bonchev–Trinajstić information content (AvgIpc) is 2.59. The predicted molar refractivity (Wildman–Crippen MR) is 109 cm³/mol. The van der Waals surface area contributed by atoms with Crippen LogP contribution in [-0.4, -0.2) is 54.6 Å². The number of aliphatic hydroxyl groups is 1. The maximum atomic E-state index is 10.7. The van der Waals surface area contributed by atoms with Crippen molar-refractivity contribution in [3.63, 3.8) is 0 Å². The third kappa shape index (κ3) is 4.17. The number of fused-ring (bicyclic) bond motifs is 3. The van der Waals surface area contributed by atoms with Crippen molar-refractivity contribution in [2.75, 3.05) is 26.8 Å². The lowest BCUT2D eigenvalue weighted by atomic mass is 9.84. The highest BCUT2D eigenvalue weighted by molar-refractivity contribution is 5.49. The first-order valence-corrected chi connectivity index (χ1v) is 10.8. The van der Waals surface area contributed by atoms with Gasteiger partial charge in [-0.25, -0.2) is 0 Å². The van der Waals surface area contributed by atoms with Gasteiger partial charge in [-0.15, -0.1) is 0 Å². The van der Waals surface area contributed by atoms with Crippen LogP contribution in [-0.2, 0) is 11.2 Å². The molecule has 3 unspecified atom stereocenters. The molecule has 5 nitrogen and oxygen atoms in total. The van der Waals surface area contributed by atoms with Crippen molar-refractivity contribution in [2.45, 2.75) is 76.7 Å². The van der Waals surface area contributed by atoms with Crippen LogP contribution in [0.15, 0.2) is 12.1 Å². The van der Waals surface area contributed by atoms with E-state index in [-0.39, 0.29) is 17.7 Å². The van der Waals surface area contributed by atoms with E-state index in [9.17, 15) is 5.11 Å². The van der Waals surface area contributed by atoms with Gasteiger partial charge in [0, 0.05) is 19.1 Å². The highest BCUT2D eigenvalue weighted by atomic mass is 16.5. The zero-order chi connectivity index (χ0) is 19.9. The lowest BCUT2D eigenvalue weighted by Crippen LogP contribution is -2.53. The van der Waals surface area contributed by atoms with Gasteiger partial charge in [-0.1, -0.05) is 6.42 Å². The summed E-state index contributed by atoms with van der Waals surface area (Å²) < 4.78 is 17.9. The monoisotopic (exact) mass is 389 g/mol. The molecule has 3 atom stereocenters. The standard InChI is InChI=1S/C23H35NO4/c1-23(2,3)28-22-13-24-9-8-16-10-21(27-14-15-6-5-7-15)20(26-4)11-17(16)18(24)12-19(22)25/h10-11,15,18-19,22,25H,5-9,12-14H2,1-4H3. The second kappa shape index (κ2) is 7.85. The molecule has 0 radical (unpaired) electrons. The van der Waals surface area contributed by atoms with Crippen molar-refractivity contribution in [3.8, 4) is 11.5 Å². The molecule has 156 valence electrons. The quantitative estimate of drug-likeness (QED) is 0.832. The Bertz CT molecular complexity index is 695.